The zero-order valence-electron chi connectivity index (χ0n) is 23.3. The summed E-state index contributed by atoms with van der Waals surface area (Å²) in [5.74, 6) is -0.00743. The second-order valence-corrected chi connectivity index (χ2v) is 10.6. The van der Waals surface area contributed by atoms with Crippen LogP contribution in [0, 0.1) is 17.9 Å². The lowest BCUT2D eigenvalue weighted by Crippen LogP contribution is -2.41. The summed E-state index contributed by atoms with van der Waals surface area (Å²) in [6, 6.07) is 11.8. The van der Waals surface area contributed by atoms with Gasteiger partial charge in [0, 0.05) is 25.2 Å². The highest BCUT2D eigenvalue weighted by atomic mass is 16.5. The zero-order valence-corrected chi connectivity index (χ0v) is 23.3. The molecule has 9 nitrogen and oxygen atoms in total. The number of methoxy groups -OCH3 is 2. The highest BCUT2D eigenvalue weighted by Gasteiger charge is 2.42. The first-order valence-corrected chi connectivity index (χ1v) is 13.5. The van der Waals surface area contributed by atoms with Crippen LogP contribution in [0.4, 0.5) is 0 Å². The van der Waals surface area contributed by atoms with Crippen LogP contribution < -0.4 is 9.47 Å². The van der Waals surface area contributed by atoms with Crippen molar-refractivity contribution in [3.63, 3.8) is 0 Å². The predicted octanol–water partition coefficient (Wildman–Crippen LogP) is 3.95. The molecular weight excluding hydrogens is 524 g/mol. The van der Waals surface area contributed by atoms with Crippen LogP contribution in [0.2, 0.25) is 0 Å². The van der Waals surface area contributed by atoms with Crippen LogP contribution in [-0.2, 0) is 24.1 Å². The quantitative estimate of drug-likeness (QED) is 0.177. The monoisotopic (exact) mass is 561 g/mol. The maximum atomic E-state index is 14.1. The maximum Gasteiger partial charge on any atom is 0.176 e. The second-order valence-electron chi connectivity index (χ2n) is 10.6. The molecule has 3 atom stereocenters. The molecule has 1 aliphatic heterocycles. The van der Waals surface area contributed by atoms with Crippen LogP contribution in [0.25, 0.3) is 0 Å². The minimum absolute atomic E-state index is 0.0220. The number of benzene rings is 2. The minimum Gasteiger partial charge on any atom is -0.504 e. The topological polar surface area (TPSA) is 145 Å². The summed E-state index contributed by atoms with van der Waals surface area (Å²) < 4.78 is 10.5. The Morgan fingerprint density at radius 1 is 0.976 bits per heavy atom. The highest BCUT2D eigenvalue weighted by molar-refractivity contribution is 5.89. The van der Waals surface area contributed by atoms with Crippen LogP contribution in [0.3, 0.4) is 0 Å². The largest absolute Gasteiger partial charge is 0.504 e. The van der Waals surface area contributed by atoms with Crippen molar-refractivity contribution in [3.8, 4) is 23.0 Å². The number of aliphatic hydroxyl groups is 2. The first kappa shape index (κ1) is 29.8. The molecule has 0 bridgehead atoms. The molecule has 0 unspecified atom stereocenters. The Balaban J connectivity index is 1.61. The lowest BCUT2D eigenvalue weighted by Gasteiger charge is -2.32. The molecule has 9 heteroatoms. The van der Waals surface area contributed by atoms with Crippen LogP contribution in [0.5, 0.6) is 23.0 Å². The number of hydrogen-bond acceptors (Lipinski definition) is 8. The Labute approximate surface area is 239 Å². The lowest BCUT2D eigenvalue weighted by atomic mass is 9.71. The molecule has 5 N–H and O–H groups in total. The predicted molar refractivity (Wildman–Crippen MR) is 155 cm³/mol. The number of aromatic amines is 1. The molecule has 2 heterocycles. The molecule has 216 valence electrons. The number of rotatable bonds is 15. The van der Waals surface area contributed by atoms with Crippen LogP contribution in [0.1, 0.15) is 29.5 Å². The fourth-order valence-electron chi connectivity index (χ4n) is 5.36. The number of carbonyl (C=O) groups is 1. The third-order valence-electron chi connectivity index (χ3n) is 7.68. The fourth-order valence-corrected chi connectivity index (χ4v) is 5.36. The average Bonchev–Trinajstić information content (AvgIpc) is 3.68. The van der Waals surface area contributed by atoms with Crippen molar-refractivity contribution in [2.45, 2.75) is 38.2 Å². The number of carbonyl (C=O) groups excluding carboxylic acids is 1. The number of nitrogens with zero attached hydrogens (tertiary/aromatic N) is 1. The molecule has 0 fully saturated rings. The van der Waals surface area contributed by atoms with E-state index in [2.05, 4.69) is 9.98 Å². The molecule has 1 aromatic heterocycles. The number of aliphatic hydroxyl groups excluding tert-OH is 2. The molecule has 0 saturated heterocycles. The molecule has 0 aliphatic carbocycles. The summed E-state index contributed by atoms with van der Waals surface area (Å²) in [4.78, 5) is 21.2. The summed E-state index contributed by atoms with van der Waals surface area (Å²) in [6.07, 6.45) is 7.30. The third kappa shape index (κ3) is 7.31. The van der Waals surface area contributed by atoms with E-state index in [1.807, 2.05) is 18.5 Å². The average molecular weight is 562 g/mol. The Hall–Kier alpha value is -4.21. The van der Waals surface area contributed by atoms with Gasteiger partial charge in [-0.3, -0.25) is 4.79 Å². The van der Waals surface area contributed by atoms with Crippen molar-refractivity contribution in [1.82, 2.24) is 4.98 Å². The smallest absolute Gasteiger partial charge is 0.176 e. The van der Waals surface area contributed by atoms with Gasteiger partial charge in [0.25, 0.3) is 0 Å². The van der Waals surface area contributed by atoms with Gasteiger partial charge in [0.05, 0.1) is 38.4 Å². The Morgan fingerprint density at radius 3 is 2.22 bits per heavy atom. The number of nitrogens with one attached hydrogen (secondary N) is 1. The van der Waals surface area contributed by atoms with E-state index in [0.29, 0.717) is 24.2 Å². The number of phenolic OH excluding ortho intramolecular Hbond substituents is 2. The Kier molecular flexibility index (Phi) is 9.75. The van der Waals surface area contributed by atoms with E-state index in [-0.39, 0.29) is 48.2 Å². The zero-order chi connectivity index (χ0) is 29.4. The molecule has 0 spiro atoms. The normalized spacial score (nSPS) is 15.5. The number of phenols is 2. The summed E-state index contributed by atoms with van der Waals surface area (Å²) >= 11 is 0. The van der Waals surface area contributed by atoms with Crippen molar-refractivity contribution in [2.24, 2.45) is 16.3 Å². The van der Waals surface area contributed by atoms with Crippen LogP contribution in [0.15, 0.2) is 71.5 Å². The Bertz CT molecular complexity index is 1380. The van der Waals surface area contributed by atoms with Gasteiger partial charge in [0.2, 0.25) is 0 Å². The molecular formula is C32H37N2O7+. The number of aliphatic imine (C=N–C) groups is 1. The third-order valence-corrected chi connectivity index (χ3v) is 7.68. The minimum atomic E-state index is -1.24. The number of allylic oxidation sites excluding steroid dienone is 1. The molecule has 0 radical (unpaired) electrons. The van der Waals surface area contributed by atoms with Gasteiger partial charge >= 0.3 is 0 Å². The van der Waals surface area contributed by atoms with Crippen molar-refractivity contribution in [1.29, 1.82) is 0 Å². The lowest BCUT2D eigenvalue weighted by molar-refractivity contribution is -0.133. The van der Waals surface area contributed by atoms with Crippen molar-refractivity contribution in [3.05, 3.63) is 89.7 Å². The van der Waals surface area contributed by atoms with Gasteiger partial charge in [-0.15, -0.1) is 4.99 Å². The molecule has 4 rings (SSSR count). The van der Waals surface area contributed by atoms with E-state index in [1.165, 1.54) is 20.3 Å². The van der Waals surface area contributed by atoms with E-state index >= 15 is 0 Å². The van der Waals surface area contributed by atoms with E-state index in [0.717, 1.165) is 16.7 Å². The number of aromatic hydroxyl groups is 2. The van der Waals surface area contributed by atoms with Gasteiger partial charge in [-0.05, 0) is 72.2 Å². The van der Waals surface area contributed by atoms with Crippen molar-refractivity contribution >= 4 is 12.0 Å². The number of ether oxygens (including phenoxy) is 2. The van der Waals surface area contributed by atoms with Gasteiger partial charge < -0.3 is 34.9 Å². The first-order chi connectivity index (χ1) is 19.8. The number of Topliss-reactive ketones (excluding diaryl/α,β-unsaturated/α-hetero) is 1. The van der Waals surface area contributed by atoms with E-state index in [4.69, 9.17) is 9.47 Å². The molecule has 2 aromatic carbocycles. The van der Waals surface area contributed by atoms with Crippen LogP contribution >= 0.6 is 0 Å². The number of ketones is 1. The maximum absolute atomic E-state index is 14.1. The molecule has 3 aromatic rings. The summed E-state index contributed by atoms with van der Waals surface area (Å²) in [5, 5.41) is 42.3. The second kappa shape index (κ2) is 13.4. The number of H-pyrrole nitrogens is 1. The summed E-state index contributed by atoms with van der Waals surface area (Å²) in [7, 11) is 2.92. The van der Waals surface area contributed by atoms with Crippen molar-refractivity contribution in [2.75, 3.05) is 20.8 Å². The van der Waals surface area contributed by atoms with Gasteiger partial charge in [0.15, 0.2) is 29.2 Å². The molecule has 41 heavy (non-hydrogen) atoms. The van der Waals surface area contributed by atoms with Gasteiger partial charge in [-0.2, -0.15) is 0 Å². The Morgan fingerprint density at radius 2 is 1.63 bits per heavy atom. The van der Waals surface area contributed by atoms with Gasteiger partial charge in [0.1, 0.15) is 17.9 Å². The fraction of sp³-hybridized carbons (Fsp3) is 0.344. The van der Waals surface area contributed by atoms with Crippen LogP contribution in [-0.4, -0.2) is 64.3 Å². The molecule has 0 saturated carbocycles. The first-order valence-electron chi connectivity index (χ1n) is 13.5. The molecule has 0 amide bonds. The van der Waals surface area contributed by atoms with E-state index < -0.39 is 18.1 Å². The number of hydrogen-bond donors (Lipinski definition) is 5. The van der Waals surface area contributed by atoms with Gasteiger partial charge in [-0.1, -0.05) is 12.1 Å². The van der Waals surface area contributed by atoms with E-state index in [9.17, 15) is 25.2 Å². The summed E-state index contributed by atoms with van der Waals surface area (Å²) in [5.41, 5.74) is 2.10. The van der Waals surface area contributed by atoms with Crippen molar-refractivity contribution < 1.29 is 34.7 Å². The standard InChI is InChI=1S/C32H36N2O7/c1-40-29-13-21(3-5-26(29)36)11-25(12-23-7-9-33-18-23)28(38)15-31(39)32(20-35,17-24-8-10-34-19-24)16-22-4-6-27(37)30(14-22)41-2/h3-10,13-14,18-19,25,28,33,35,38H,11-12,15-17,20H2,1-2H3,(H-,36,37)/p+1/t25-,28-,32-/m1/s1. The van der Waals surface area contributed by atoms with E-state index in [1.54, 1.807) is 49.2 Å². The number of aromatic nitrogens is 1. The molecule has 1 aliphatic rings. The SMILES string of the molecule is COc1cc(C[C@H](Cc2cc[nH]c2)[C@H](O)CC(=O)[C@@](CO)(CC2=C[CH+]N=C2)Cc2ccc(O)c(OC)c2)ccc1O. The summed E-state index contributed by atoms with van der Waals surface area (Å²) in [6.45, 7) is 1.20. The highest BCUT2D eigenvalue weighted by Crippen LogP contribution is 2.37. The van der Waals surface area contributed by atoms with Gasteiger partial charge in [-0.25, -0.2) is 0 Å².